The first-order chi connectivity index (χ1) is 8.93. The fourth-order valence-electron chi connectivity index (χ4n) is 2.63. The average Bonchev–Trinajstić information content (AvgIpc) is 2.87. The second kappa shape index (κ2) is 5.36. The lowest BCUT2D eigenvalue weighted by molar-refractivity contribution is 0.512. The Balaban J connectivity index is 1.34. The van der Waals surface area contributed by atoms with Gasteiger partial charge in [-0.1, -0.05) is 24.3 Å². The Labute approximate surface area is 108 Å². The van der Waals surface area contributed by atoms with E-state index >= 15 is 0 Å². The van der Waals surface area contributed by atoms with Crippen LogP contribution < -0.4 is 5.32 Å². The number of aromatic nitrogens is 2. The van der Waals surface area contributed by atoms with Crippen molar-refractivity contribution in [2.24, 2.45) is 0 Å². The minimum absolute atomic E-state index is 0.731. The van der Waals surface area contributed by atoms with Gasteiger partial charge in [0.2, 0.25) is 0 Å². The van der Waals surface area contributed by atoms with E-state index in [4.69, 9.17) is 0 Å². The van der Waals surface area contributed by atoms with Gasteiger partial charge in [0.1, 0.15) is 0 Å². The van der Waals surface area contributed by atoms with E-state index in [0.29, 0.717) is 0 Å². The van der Waals surface area contributed by atoms with Crippen molar-refractivity contribution < 1.29 is 0 Å². The van der Waals surface area contributed by atoms with E-state index in [0.717, 1.165) is 32.0 Å². The van der Waals surface area contributed by atoms with Crippen molar-refractivity contribution in [3.63, 3.8) is 0 Å². The molecule has 1 aromatic carbocycles. The summed E-state index contributed by atoms with van der Waals surface area (Å²) in [5, 5.41) is 3.56. The first-order valence-corrected chi connectivity index (χ1v) is 6.68. The monoisotopic (exact) mass is 241 g/mol. The zero-order valence-electron chi connectivity index (χ0n) is 10.5. The Morgan fingerprint density at radius 2 is 2.28 bits per heavy atom. The van der Waals surface area contributed by atoms with Crippen molar-refractivity contribution in [2.45, 2.75) is 25.3 Å². The van der Waals surface area contributed by atoms with Crippen LogP contribution in [0.2, 0.25) is 0 Å². The number of benzene rings is 1. The highest BCUT2D eigenvalue weighted by Crippen LogP contribution is 2.33. The van der Waals surface area contributed by atoms with Crippen LogP contribution in [0.25, 0.3) is 0 Å². The summed E-state index contributed by atoms with van der Waals surface area (Å²) in [7, 11) is 0. The van der Waals surface area contributed by atoms with Gasteiger partial charge in [0.25, 0.3) is 0 Å². The van der Waals surface area contributed by atoms with Crippen molar-refractivity contribution >= 4 is 0 Å². The predicted molar refractivity (Wildman–Crippen MR) is 72.6 cm³/mol. The molecule has 2 aromatic rings. The van der Waals surface area contributed by atoms with Crippen LogP contribution in [0.1, 0.15) is 23.5 Å². The topological polar surface area (TPSA) is 29.9 Å². The summed E-state index contributed by atoms with van der Waals surface area (Å²) >= 11 is 0. The normalized spacial score (nSPS) is 17.2. The molecule has 0 saturated carbocycles. The van der Waals surface area contributed by atoms with Gasteiger partial charge in [0, 0.05) is 31.4 Å². The second-order valence-electron chi connectivity index (χ2n) is 4.96. The van der Waals surface area contributed by atoms with Gasteiger partial charge in [-0.3, -0.25) is 0 Å². The Kier molecular flexibility index (Phi) is 3.42. The van der Waals surface area contributed by atoms with Crippen molar-refractivity contribution in [1.82, 2.24) is 14.9 Å². The summed E-state index contributed by atoms with van der Waals surface area (Å²) < 4.78 is 2.13. The van der Waals surface area contributed by atoms with Crippen LogP contribution in [-0.2, 0) is 13.0 Å². The van der Waals surface area contributed by atoms with Crippen molar-refractivity contribution in [3.05, 3.63) is 54.1 Å². The zero-order valence-corrected chi connectivity index (χ0v) is 10.5. The molecule has 0 spiro atoms. The van der Waals surface area contributed by atoms with Crippen LogP contribution in [0.4, 0.5) is 0 Å². The van der Waals surface area contributed by atoms with E-state index < -0.39 is 0 Å². The highest BCUT2D eigenvalue weighted by molar-refractivity contribution is 5.40. The van der Waals surface area contributed by atoms with Crippen LogP contribution >= 0.6 is 0 Å². The third-order valence-corrected chi connectivity index (χ3v) is 3.68. The van der Waals surface area contributed by atoms with Gasteiger partial charge in [-0.05, 0) is 30.5 Å². The number of hydrogen-bond donors (Lipinski definition) is 1. The van der Waals surface area contributed by atoms with Crippen molar-refractivity contribution in [2.75, 3.05) is 13.1 Å². The van der Waals surface area contributed by atoms with Gasteiger partial charge in [-0.2, -0.15) is 0 Å². The van der Waals surface area contributed by atoms with Gasteiger partial charge >= 0.3 is 0 Å². The molecule has 1 aromatic heterocycles. The molecule has 0 aliphatic heterocycles. The number of nitrogens with one attached hydrogen (secondary N) is 1. The van der Waals surface area contributed by atoms with E-state index in [1.165, 1.54) is 12.0 Å². The predicted octanol–water partition coefficient (Wildman–Crippen LogP) is 2.20. The van der Waals surface area contributed by atoms with Crippen LogP contribution in [0.3, 0.4) is 0 Å². The molecule has 1 N–H and O–H groups in total. The lowest BCUT2D eigenvalue weighted by Crippen LogP contribution is -2.29. The molecule has 0 amide bonds. The zero-order chi connectivity index (χ0) is 12.2. The molecular formula is C15H19N3. The minimum atomic E-state index is 0.731. The van der Waals surface area contributed by atoms with Crippen LogP contribution in [-0.4, -0.2) is 22.6 Å². The molecule has 3 nitrogen and oxygen atoms in total. The molecule has 3 heteroatoms. The summed E-state index contributed by atoms with van der Waals surface area (Å²) in [4.78, 5) is 4.04. The van der Waals surface area contributed by atoms with Crippen LogP contribution in [0.15, 0.2) is 43.0 Å². The molecule has 1 aliphatic carbocycles. The molecule has 1 heterocycles. The molecule has 0 radical (unpaired) electrons. The van der Waals surface area contributed by atoms with E-state index in [9.17, 15) is 0 Å². The van der Waals surface area contributed by atoms with Gasteiger partial charge in [-0.25, -0.2) is 4.98 Å². The Morgan fingerprint density at radius 3 is 3.11 bits per heavy atom. The van der Waals surface area contributed by atoms with Crippen LogP contribution in [0, 0.1) is 0 Å². The first-order valence-electron chi connectivity index (χ1n) is 6.68. The van der Waals surface area contributed by atoms with Gasteiger partial charge < -0.3 is 9.88 Å². The lowest BCUT2D eigenvalue weighted by atomic mass is 9.77. The van der Waals surface area contributed by atoms with Gasteiger partial charge in [0.05, 0.1) is 6.33 Å². The minimum Gasteiger partial charge on any atom is -0.337 e. The number of nitrogens with zero attached hydrogens (tertiary/aromatic N) is 2. The number of aryl methyl sites for hydroxylation is 1. The number of rotatable bonds is 6. The molecule has 3 rings (SSSR count). The Bertz CT molecular complexity index is 490. The smallest absolute Gasteiger partial charge is 0.0945 e. The molecule has 0 bridgehead atoms. The average molecular weight is 241 g/mol. The molecule has 1 aliphatic rings. The molecule has 0 saturated heterocycles. The van der Waals surface area contributed by atoms with E-state index in [1.54, 1.807) is 5.56 Å². The SMILES string of the molecule is c1ccc2c(c1)CC2CNCCCn1ccnc1. The summed E-state index contributed by atoms with van der Waals surface area (Å²) in [6, 6.07) is 8.78. The van der Waals surface area contributed by atoms with Crippen molar-refractivity contribution in [1.29, 1.82) is 0 Å². The first kappa shape index (κ1) is 11.5. The molecule has 1 atom stereocenters. The van der Waals surface area contributed by atoms with Gasteiger partial charge in [0.15, 0.2) is 0 Å². The third-order valence-electron chi connectivity index (χ3n) is 3.68. The highest BCUT2D eigenvalue weighted by atomic mass is 15.0. The fourth-order valence-corrected chi connectivity index (χ4v) is 2.63. The summed E-state index contributed by atoms with van der Waals surface area (Å²) in [5.74, 6) is 0.731. The second-order valence-corrected chi connectivity index (χ2v) is 4.96. The third kappa shape index (κ3) is 2.46. The number of hydrogen-bond acceptors (Lipinski definition) is 2. The molecule has 1 unspecified atom stereocenters. The molecule has 0 fully saturated rings. The highest BCUT2D eigenvalue weighted by Gasteiger charge is 2.24. The van der Waals surface area contributed by atoms with Crippen molar-refractivity contribution in [3.8, 4) is 0 Å². The molecule has 94 valence electrons. The lowest BCUT2D eigenvalue weighted by Gasteiger charge is -2.30. The van der Waals surface area contributed by atoms with E-state index in [-0.39, 0.29) is 0 Å². The fraction of sp³-hybridized carbons (Fsp3) is 0.400. The summed E-state index contributed by atoms with van der Waals surface area (Å²) in [6.45, 7) is 3.24. The van der Waals surface area contributed by atoms with Crippen LogP contribution in [0.5, 0.6) is 0 Å². The maximum absolute atomic E-state index is 4.04. The van der Waals surface area contributed by atoms with E-state index in [1.807, 2.05) is 18.7 Å². The number of fused-ring (bicyclic) bond motifs is 1. The Morgan fingerprint density at radius 1 is 1.33 bits per heavy atom. The molecular weight excluding hydrogens is 222 g/mol. The largest absolute Gasteiger partial charge is 0.337 e. The molecule has 18 heavy (non-hydrogen) atoms. The quantitative estimate of drug-likeness (QED) is 0.786. The maximum atomic E-state index is 4.04. The van der Waals surface area contributed by atoms with E-state index in [2.05, 4.69) is 39.1 Å². The number of imidazole rings is 1. The summed E-state index contributed by atoms with van der Waals surface area (Å²) in [6.07, 6.45) is 8.12. The standard InChI is InChI=1S/C15H19N3/c1-2-5-15-13(4-1)10-14(15)11-16-6-3-8-18-9-7-17-12-18/h1-2,4-5,7,9,12,14,16H,3,6,8,10-11H2. The maximum Gasteiger partial charge on any atom is 0.0945 e. The Hall–Kier alpha value is -1.61. The summed E-state index contributed by atoms with van der Waals surface area (Å²) in [5.41, 5.74) is 3.07. The van der Waals surface area contributed by atoms with Gasteiger partial charge in [-0.15, -0.1) is 0 Å².